The van der Waals surface area contributed by atoms with Crippen LogP contribution in [-0.2, 0) is 22.7 Å². The largest absolute Gasteiger partial charge is 0.334 e. The zero-order valence-electron chi connectivity index (χ0n) is 12.4. The van der Waals surface area contributed by atoms with Crippen LogP contribution in [0.5, 0.6) is 0 Å². The molecule has 1 aliphatic heterocycles. The van der Waals surface area contributed by atoms with Crippen molar-refractivity contribution in [2.24, 2.45) is 0 Å². The van der Waals surface area contributed by atoms with Crippen molar-refractivity contribution < 1.29 is 14.4 Å². The second kappa shape index (κ2) is 6.63. The van der Waals surface area contributed by atoms with E-state index < -0.39 is 17.8 Å². The number of urea groups is 1. The van der Waals surface area contributed by atoms with Crippen LogP contribution < -0.4 is 0 Å². The Morgan fingerprint density at radius 2 is 1.42 bits per heavy atom. The number of hydrogen-bond donors (Lipinski definition) is 0. The lowest BCUT2D eigenvalue weighted by molar-refractivity contribution is -0.143. The second-order valence-electron chi connectivity index (χ2n) is 5.29. The second-order valence-corrected chi connectivity index (χ2v) is 6.13. The molecule has 4 amide bonds. The van der Waals surface area contributed by atoms with Crippen LogP contribution in [0.3, 0.4) is 0 Å². The summed E-state index contributed by atoms with van der Waals surface area (Å²) >= 11 is 11.9. The fourth-order valence-corrected chi connectivity index (χ4v) is 2.88. The van der Waals surface area contributed by atoms with Crippen LogP contribution in [0.2, 0.25) is 10.0 Å². The van der Waals surface area contributed by atoms with E-state index in [1.54, 1.807) is 36.4 Å². The Hall–Kier alpha value is -2.37. The summed E-state index contributed by atoms with van der Waals surface area (Å²) < 4.78 is 0. The predicted octanol–water partition coefficient (Wildman–Crippen LogP) is 3.48. The molecular weight excluding hydrogens is 351 g/mol. The maximum atomic E-state index is 12.5. The minimum Gasteiger partial charge on any atom is -0.263 e. The molecule has 0 unspecified atom stereocenters. The van der Waals surface area contributed by atoms with Gasteiger partial charge in [-0.25, -0.2) is 4.79 Å². The highest BCUT2D eigenvalue weighted by atomic mass is 35.5. The molecule has 2 aromatic rings. The number of amides is 4. The zero-order chi connectivity index (χ0) is 17.3. The van der Waals surface area contributed by atoms with Crippen molar-refractivity contribution in [1.82, 2.24) is 9.80 Å². The molecule has 1 fully saturated rings. The van der Waals surface area contributed by atoms with Gasteiger partial charge >= 0.3 is 17.8 Å². The normalized spacial score (nSPS) is 14.7. The van der Waals surface area contributed by atoms with E-state index >= 15 is 0 Å². The Balaban J connectivity index is 1.81. The van der Waals surface area contributed by atoms with Crippen molar-refractivity contribution >= 4 is 41.0 Å². The van der Waals surface area contributed by atoms with Gasteiger partial charge in [0.15, 0.2) is 0 Å². The minimum absolute atomic E-state index is 0.0507. The van der Waals surface area contributed by atoms with Gasteiger partial charge in [-0.1, -0.05) is 59.6 Å². The molecule has 0 saturated carbocycles. The number of hydrogen-bond acceptors (Lipinski definition) is 3. The van der Waals surface area contributed by atoms with E-state index in [0.29, 0.717) is 15.6 Å². The maximum Gasteiger partial charge on any atom is 0.334 e. The van der Waals surface area contributed by atoms with Crippen LogP contribution >= 0.6 is 23.2 Å². The highest BCUT2D eigenvalue weighted by Crippen LogP contribution is 2.25. The molecule has 24 heavy (non-hydrogen) atoms. The molecular formula is C17H12Cl2N2O3. The number of carbonyl (C=O) groups excluding carboxylic acids is 3. The van der Waals surface area contributed by atoms with Gasteiger partial charge in [0.25, 0.3) is 0 Å². The fraction of sp³-hybridized carbons (Fsp3) is 0.118. The smallest absolute Gasteiger partial charge is 0.263 e. The van der Waals surface area contributed by atoms with Crippen molar-refractivity contribution in [3.05, 3.63) is 69.7 Å². The van der Waals surface area contributed by atoms with Crippen LogP contribution in [-0.4, -0.2) is 27.6 Å². The maximum absolute atomic E-state index is 12.5. The molecule has 3 rings (SSSR count). The molecule has 0 spiro atoms. The quantitative estimate of drug-likeness (QED) is 0.617. The summed E-state index contributed by atoms with van der Waals surface area (Å²) in [7, 11) is 0. The number of imide groups is 2. The first-order chi connectivity index (χ1) is 11.5. The van der Waals surface area contributed by atoms with Crippen molar-refractivity contribution in [3.8, 4) is 0 Å². The Morgan fingerprint density at radius 1 is 0.792 bits per heavy atom. The van der Waals surface area contributed by atoms with Crippen LogP contribution in [0.25, 0.3) is 0 Å². The molecule has 0 atom stereocenters. The SMILES string of the molecule is O=C1C(=O)N(Cc2ccc(Cl)cc2Cl)C(=O)N1Cc1ccccc1. The van der Waals surface area contributed by atoms with Crippen LogP contribution in [0, 0.1) is 0 Å². The lowest BCUT2D eigenvalue weighted by Gasteiger charge is -2.16. The molecule has 122 valence electrons. The summed E-state index contributed by atoms with van der Waals surface area (Å²) in [5, 5.41) is 0.779. The van der Waals surface area contributed by atoms with Gasteiger partial charge < -0.3 is 0 Å². The summed E-state index contributed by atoms with van der Waals surface area (Å²) in [6.45, 7) is -0.0280. The first-order valence-electron chi connectivity index (χ1n) is 7.12. The average Bonchev–Trinajstić information content (AvgIpc) is 2.76. The molecule has 1 aliphatic rings. The molecule has 1 heterocycles. The average molecular weight is 363 g/mol. The van der Waals surface area contributed by atoms with E-state index in [9.17, 15) is 14.4 Å². The minimum atomic E-state index is -0.859. The highest BCUT2D eigenvalue weighted by molar-refractivity contribution is 6.44. The monoisotopic (exact) mass is 362 g/mol. The Bertz CT molecular complexity index is 824. The van der Waals surface area contributed by atoms with Gasteiger partial charge in [0.2, 0.25) is 0 Å². The summed E-state index contributed by atoms with van der Waals surface area (Å²) in [5.74, 6) is -1.70. The summed E-state index contributed by atoms with van der Waals surface area (Å²) in [6, 6.07) is 13.1. The van der Waals surface area contributed by atoms with Gasteiger partial charge in [0.05, 0.1) is 13.1 Å². The van der Waals surface area contributed by atoms with Gasteiger partial charge in [-0.2, -0.15) is 0 Å². The third-order valence-corrected chi connectivity index (χ3v) is 4.25. The van der Waals surface area contributed by atoms with Crippen molar-refractivity contribution in [1.29, 1.82) is 0 Å². The Labute approximate surface area is 148 Å². The first-order valence-corrected chi connectivity index (χ1v) is 7.88. The van der Waals surface area contributed by atoms with E-state index in [2.05, 4.69) is 0 Å². The third kappa shape index (κ3) is 3.13. The molecule has 2 aromatic carbocycles. The molecule has 0 aromatic heterocycles. The number of halogens is 2. The third-order valence-electron chi connectivity index (χ3n) is 3.66. The topological polar surface area (TPSA) is 57.7 Å². The van der Waals surface area contributed by atoms with Gasteiger partial charge in [0.1, 0.15) is 0 Å². The van der Waals surface area contributed by atoms with E-state index in [-0.39, 0.29) is 13.1 Å². The van der Waals surface area contributed by atoms with Crippen LogP contribution in [0.15, 0.2) is 48.5 Å². The number of rotatable bonds is 4. The van der Waals surface area contributed by atoms with Gasteiger partial charge in [-0.15, -0.1) is 0 Å². The Kier molecular flexibility index (Phi) is 4.55. The summed E-state index contributed by atoms with van der Waals surface area (Å²) in [6.07, 6.45) is 0. The number of benzene rings is 2. The molecule has 7 heteroatoms. The predicted molar refractivity (Wildman–Crippen MR) is 89.4 cm³/mol. The lowest BCUT2D eigenvalue weighted by Crippen LogP contribution is -2.32. The molecule has 0 bridgehead atoms. The zero-order valence-corrected chi connectivity index (χ0v) is 13.9. The van der Waals surface area contributed by atoms with Crippen LogP contribution in [0.4, 0.5) is 4.79 Å². The van der Waals surface area contributed by atoms with E-state index in [1.165, 1.54) is 6.07 Å². The van der Waals surface area contributed by atoms with Gasteiger partial charge in [-0.05, 0) is 23.3 Å². The molecule has 0 aliphatic carbocycles. The van der Waals surface area contributed by atoms with Crippen molar-refractivity contribution in [3.63, 3.8) is 0 Å². The van der Waals surface area contributed by atoms with Gasteiger partial charge in [-0.3, -0.25) is 19.4 Å². The van der Waals surface area contributed by atoms with Crippen molar-refractivity contribution in [2.45, 2.75) is 13.1 Å². The highest BCUT2D eigenvalue weighted by Gasteiger charge is 2.44. The number of carbonyl (C=O) groups is 3. The molecule has 1 saturated heterocycles. The van der Waals surface area contributed by atoms with Crippen LogP contribution in [0.1, 0.15) is 11.1 Å². The summed E-state index contributed by atoms with van der Waals surface area (Å²) in [4.78, 5) is 38.5. The van der Waals surface area contributed by atoms with Gasteiger partial charge in [0, 0.05) is 10.0 Å². The van der Waals surface area contributed by atoms with E-state index in [4.69, 9.17) is 23.2 Å². The lowest BCUT2D eigenvalue weighted by atomic mass is 10.2. The van der Waals surface area contributed by atoms with Crippen molar-refractivity contribution in [2.75, 3.05) is 0 Å². The molecule has 0 N–H and O–H groups in total. The molecule has 5 nitrogen and oxygen atoms in total. The number of nitrogens with zero attached hydrogens (tertiary/aromatic N) is 2. The first kappa shape index (κ1) is 16.5. The fourth-order valence-electron chi connectivity index (χ4n) is 2.42. The van der Waals surface area contributed by atoms with E-state index in [0.717, 1.165) is 15.4 Å². The Morgan fingerprint density at radius 3 is 2.04 bits per heavy atom. The molecule has 0 radical (unpaired) electrons. The summed E-state index contributed by atoms with van der Waals surface area (Å²) in [5.41, 5.74) is 1.30. The standard InChI is InChI=1S/C17H12Cl2N2O3/c18-13-7-6-12(14(19)8-13)10-21-16(23)15(22)20(17(21)24)9-11-4-2-1-3-5-11/h1-8H,9-10H2. The van der Waals surface area contributed by atoms with E-state index in [1.807, 2.05) is 6.07 Å².